The zero-order valence-electron chi connectivity index (χ0n) is 13.7. The molecule has 1 N–H and O–H groups in total. The third-order valence-corrected chi connectivity index (χ3v) is 3.87. The molecule has 0 unspecified atom stereocenters. The van der Waals surface area contributed by atoms with Gasteiger partial charge < -0.3 is 23.9 Å². The van der Waals surface area contributed by atoms with Crippen LogP contribution in [0.3, 0.4) is 0 Å². The summed E-state index contributed by atoms with van der Waals surface area (Å²) in [6, 6.07) is 1.44. The van der Waals surface area contributed by atoms with Gasteiger partial charge in [0.1, 0.15) is 23.2 Å². The van der Waals surface area contributed by atoms with Crippen molar-refractivity contribution < 1.29 is 28.6 Å². The molecule has 0 bridgehead atoms. The van der Waals surface area contributed by atoms with Crippen molar-refractivity contribution in [2.24, 2.45) is 0 Å². The monoisotopic (exact) mass is 325 g/mol. The van der Waals surface area contributed by atoms with E-state index in [1.165, 1.54) is 11.0 Å². The third-order valence-electron chi connectivity index (χ3n) is 3.87. The zero-order chi connectivity index (χ0) is 17.0. The smallest absolute Gasteiger partial charge is 0.339 e. The number of rotatable bonds is 7. The molecule has 0 saturated carbocycles. The molecule has 7 nitrogen and oxygen atoms in total. The van der Waals surface area contributed by atoms with Crippen molar-refractivity contribution in [3.05, 3.63) is 23.2 Å². The van der Waals surface area contributed by atoms with E-state index in [4.69, 9.17) is 19.0 Å². The Morgan fingerprint density at radius 3 is 2.83 bits per heavy atom. The molecule has 1 aromatic heterocycles. The quantitative estimate of drug-likeness (QED) is 0.822. The van der Waals surface area contributed by atoms with E-state index in [0.29, 0.717) is 18.1 Å². The number of carboxylic acids is 1. The maximum atomic E-state index is 12.3. The van der Waals surface area contributed by atoms with Crippen LogP contribution in [0.2, 0.25) is 0 Å². The number of carbonyl (C=O) groups is 2. The molecule has 1 fully saturated rings. The molecule has 128 valence electrons. The highest BCUT2D eigenvalue weighted by atomic mass is 16.5. The zero-order valence-corrected chi connectivity index (χ0v) is 13.7. The summed E-state index contributed by atoms with van der Waals surface area (Å²) >= 11 is 0. The van der Waals surface area contributed by atoms with Gasteiger partial charge in [0, 0.05) is 13.7 Å². The lowest BCUT2D eigenvalue weighted by molar-refractivity contribution is -0.144. The number of nitrogens with zero attached hydrogens (tertiary/aromatic N) is 1. The van der Waals surface area contributed by atoms with Gasteiger partial charge in [0.15, 0.2) is 0 Å². The standard InChI is InChI=1S/C16H23NO6/c1-10-14(16(19)20)7-13(23-10)8-17(3)15(18)11(2)22-9-12-5-4-6-21-12/h7,11-12H,4-6,8-9H2,1-3H3,(H,19,20)/t11-,12-/m0/s1. The lowest BCUT2D eigenvalue weighted by Crippen LogP contribution is -2.37. The van der Waals surface area contributed by atoms with Gasteiger partial charge in [0.25, 0.3) is 5.91 Å². The van der Waals surface area contributed by atoms with Crippen LogP contribution in [0.1, 0.15) is 41.6 Å². The predicted molar refractivity (Wildman–Crippen MR) is 81.3 cm³/mol. The number of furan rings is 1. The van der Waals surface area contributed by atoms with E-state index in [2.05, 4.69) is 0 Å². The topological polar surface area (TPSA) is 89.2 Å². The minimum atomic E-state index is -1.04. The first-order valence-electron chi connectivity index (χ1n) is 7.69. The van der Waals surface area contributed by atoms with Gasteiger partial charge in [-0.05, 0) is 32.8 Å². The fourth-order valence-corrected chi connectivity index (χ4v) is 2.55. The predicted octanol–water partition coefficient (Wildman–Crippen LogP) is 1.83. The number of hydrogen-bond acceptors (Lipinski definition) is 5. The van der Waals surface area contributed by atoms with E-state index in [0.717, 1.165) is 19.4 Å². The summed E-state index contributed by atoms with van der Waals surface area (Å²) in [6.45, 7) is 4.64. The SMILES string of the molecule is Cc1oc(CN(C)C(=O)[C@H](C)OC[C@@H]2CCCO2)cc1C(=O)O. The molecule has 1 aromatic rings. The first-order chi connectivity index (χ1) is 10.9. The molecule has 1 aliphatic heterocycles. The van der Waals surface area contributed by atoms with Crippen molar-refractivity contribution in [3.63, 3.8) is 0 Å². The molecule has 0 radical (unpaired) electrons. The lowest BCUT2D eigenvalue weighted by Gasteiger charge is -2.21. The van der Waals surface area contributed by atoms with E-state index < -0.39 is 12.1 Å². The Balaban J connectivity index is 1.86. The van der Waals surface area contributed by atoms with E-state index in [-0.39, 0.29) is 24.1 Å². The van der Waals surface area contributed by atoms with Crippen LogP contribution in [0, 0.1) is 6.92 Å². The second-order valence-corrected chi connectivity index (χ2v) is 5.79. The highest BCUT2D eigenvalue weighted by molar-refractivity contribution is 5.88. The second kappa shape index (κ2) is 7.61. The summed E-state index contributed by atoms with van der Waals surface area (Å²) < 4.78 is 16.4. The van der Waals surface area contributed by atoms with Crippen LogP contribution in [-0.2, 0) is 20.8 Å². The number of likely N-dealkylation sites (N-methyl/N-ethyl adjacent to an activating group) is 1. The van der Waals surface area contributed by atoms with E-state index in [1.54, 1.807) is 20.9 Å². The van der Waals surface area contributed by atoms with Crippen molar-refractivity contribution in [3.8, 4) is 0 Å². The Bertz CT molecular complexity index is 561. The van der Waals surface area contributed by atoms with Crippen molar-refractivity contribution in [2.75, 3.05) is 20.3 Å². The van der Waals surface area contributed by atoms with E-state index >= 15 is 0 Å². The molecule has 2 heterocycles. The Hall–Kier alpha value is -1.86. The maximum Gasteiger partial charge on any atom is 0.339 e. The number of amides is 1. The molecular formula is C16H23NO6. The summed E-state index contributed by atoms with van der Waals surface area (Å²) in [5.41, 5.74) is 0.114. The van der Waals surface area contributed by atoms with Crippen LogP contribution in [-0.4, -0.2) is 54.4 Å². The Morgan fingerprint density at radius 2 is 2.26 bits per heavy atom. The Labute approximate surface area is 135 Å². The average molecular weight is 325 g/mol. The number of aryl methyl sites for hydroxylation is 1. The minimum Gasteiger partial charge on any atom is -0.478 e. The molecular weight excluding hydrogens is 302 g/mol. The largest absolute Gasteiger partial charge is 0.478 e. The van der Waals surface area contributed by atoms with Gasteiger partial charge in [-0.25, -0.2) is 4.79 Å². The van der Waals surface area contributed by atoms with Crippen molar-refractivity contribution >= 4 is 11.9 Å². The van der Waals surface area contributed by atoms with Gasteiger partial charge in [-0.2, -0.15) is 0 Å². The van der Waals surface area contributed by atoms with Crippen LogP contribution < -0.4 is 0 Å². The average Bonchev–Trinajstić information content (AvgIpc) is 3.13. The van der Waals surface area contributed by atoms with Gasteiger partial charge in [-0.1, -0.05) is 0 Å². The van der Waals surface area contributed by atoms with Gasteiger partial charge >= 0.3 is 5.97 Å². The summed E-state index contributed by atoms with van der Waals surface area (Å²) in [7, 11) is 1.63. The molecule has 7 heteroatoms. The number of carboxylic acid groups (broad SMARTS) is 1. The van der Waals surface area contributed by atoms with Crippen molar-refractivity contribution in [2.45, 2.75) is 45.4 Å². The summed E-state index contributed by atoms with van der Waals surface area (Å²) in [5.74, 6) is -0.466. The third kappa shape index (κ3) is 4.56. The summed E-state index contributed by atoms with van der Waals surface area (Å²) in [5, 5.41) is 9.01. The first kappa shape index (κ1) is 17.5. The van der Waals surface area contributed by atoms with Crippen molar-refractivity contribution in [1.29, 1.82) is 0 Å². The van der Waals surface area contributed by atoms with Crippen LogP contribution in [0.5, 0.6) is 0 Å². The number of hydrogen-bond donors (Lipinski definition) is 1. The second-order valence-electron chi connectivity index (χ2n) is 5.79. The molecule has 23 heavy (non-hydrogen) atoms. The summed E-state index contributed by atoms with van der Waals surface area (Å²) in [4.78, 5) is 24.7. The molecule has 0 aromatic carbocycles. The van der Waals surface area contributed by atoms with Gasteiger partial charge in [0.05, 0.1) is 19.3 Å². The van der Waals surface area contributed by atoms with E-state index in [9.17, 15) is 9.59 Å². The van der Waals surface area contributed by atoms with Crippen LogP contribution >= 0.6 is 0 Å². The normalized spacial score (nSPS) is 18.8. The molecule has 0 aliphatic carbocycles. The van der Waals surface area contributed by atoms with E-state index in [1.807, 2.05) is 0 Å². The molecule has 2 atom stereocenters. The lowest BCUT2D eigenvalue weighted by atomic mass is 10.2. The number of ether oxygens (including phenoxy) is 2. The Morgan fingerprint density at radius 1 is 1.52 bits per heavy atom. The van der Waals surface area contributed by atoms with Gasteiger partial charge in [-0.3, -0.25) is 4.79 Å². The molecule has 1 aliphatic rings. The van der Waals surface area contributed by atoms with Gasteiger partial charge in [-0.15, -0.1) is 0 Å². The van der Waals surface area contributed by atoms with Crippen LogP contribution in [0.15, 0.2) is 10.5 Å². The highest BCUT2D eigenvalue weighted by Gasteiger charge is 2.23. The van der Waals surface area contributed by atoms with Crippen LogP contribution in [0.4, 0.5) is 0 Å². The number of aromatic carboxylic acids is 1. The molecule has 1 amide bonds. The van der Waals surface area contributed by atoms with Crippen molar-refractivity contribution in [1.82, 2.24) is 4.90 Å². The molecule has 2 rings (SSSR count). The molecule has 0 spiro atoms. The first-order valence-corrected chi connectivity index (χ1v) is 7.69. The number of carbonyl (C=O) groups excluding carboxylic acids is 1. The maximum absolute atomic E-state index is 12.3. The fourth-order valence-electron chi connectivity index (χ4n) is 2.55. The summed E-state index contributed by atoms with van der Waals surface area (Å²) in [6.07, 6.45) is 1.47. The van der Waals surface area contributed by atoms with Gasteiger partial charge in [0.2, 0.25) is 0 Å². The van der Waals surface area contributed by atoms with Crippen LogP contribution in [0.25, 0.3) is 0 Å². The highest BCUT2D eigenvalue weighted by Crippen LogP contribution is 2.17. The Kier molecular flexibility index (Phi) is 5.79. The fraction of sp³-hybridized carbons (Fsp3) is 0.625. The molecule has 1 saturated heterocycles. The minimum absolute atomic E-state index is 0.0707.